The van der Waals surface area contributed by atoms with Crippen molar-refractivity contribution in [2.45, 2.75) is 124 Å². The van der Waals surface area contributed by atoms with E-state index in [1.54, 1.807) is 0 Å². The van der Waals surface area contributed by atoms with E-state index in [1.807, 2.05) is 52.6 Å². The van der Waals surface area contributed by atoms with Gasteiger partial charge in [0, 0.05) is 42.9 Å². The number of carbonyl (C=O) groups excluding carboxylic acids is 5. The van der Waals surface area contributed by atoms with E-state index < -0.39 is 17.7 Å². The summed E-state index contributed by atoms with van der Waals surface area (Å²) in [6, 6.07) is 9.32. The van der Waals surface area contributed by atoms with Crippen LogP contribution in [0.25, 0.3) is 0 Å². The fourth-order valence-electron chi connectivity index (χ4n) is 5.18. The molecule has 2 saturated heterocycles. The molecule has 0 radical (unpaired) electrons. The zero-order chi connectivity index (χ0) is 37.2. The number of amides is 3. The molecule has 4 unspecified atom stereocenters. The number of Topliss-reactive ketones (excluding diaryl/α,β-unsaturated/α-hetero) is 1. The highest BCUT2D eigenvalue weighted by Gasteiger charge is 2.34. The lowest BCUT2D eigenvalue weighted by Gasteiger charge is -2.19. The SMILES string of the molecule is CC(C)(C)C=O.CCCC(CC)NC(=O)C(=O)C(CC1CCNC1=O)NN=O.CCCCC.CNCC(=O)N1CCC(c2ccccc2)C1. The van der Waals surface area contributed by atoms with Crippen LogP contribution in [-0.2, 0) is 24.0 Å². The van der Waals surface area contributed by atoms with Crippen LogP contribution >= 0.6 is 0 Å². The number of unbranched alkanes of at least 4 members (excludes halogenated alkanes) is 2. The summed E-state index contributed by atoms with van der Waals surface area (Å²) in [4.78, 5) is 69.6. The van der Waals surface area contributed by atoms with Crippen LogP contribution in [-0.4, -0.2) is 80.0 Å². The number of rotatable bonds is 15. The fraction of sp³-hybridized carbons (Fsp3) is 0.703. The summed E-state index contributed by atoms with van der Waals surface area (Å²) < 4.78 is 0. The van der Waals surface area contributed by atoms with E-state index in [1.165, 1.54) is 24.8 Å². The van der Waals surface area contributed by atoms with E-state index in [0.717, 1.165) is 45.1 Å². The molecule has 3 rings (SSSR count). The van der Waals surface area contributed by atoms with Crippen LogP contribution in [0.1, 0.15) is 118 Å². The van der Waals surface area contributed by atoms with E-state index in [4.69, 9.17) is 0 Å². The molecule has 12 nitrogen and oxygen atoms in total. The Labute approximate surface area is 294 Å². The molecule has 0 aliphatic carbocycles. The van der Waals surface area contributed by atoms with Gasteiger partial charge in [-0.15, -0.1) is 4.91 Å². The summed E-state index contributed by atoms with van der Waals surface area (Å²) >= 11 is 0. The van der Waals surface area contributed by atoms with Gasteiger partial charge in [-0.2, -0.15) is 0 Å². The topological polar surface area (TPSA) is 166 Å². The number of ketones is 1. The van der Waals surface area contributed by atoms with Gasteiger partial charge < -0.3 is 25.6 Å². The molecule has 2 heterocycles. The predicted molar refractivity (Wildman–Crippen MR) is 196 cm³/mol. The van der Waals surface area contributed by atoms with E-state index >= 15 is 0 Å². The molecule has 12 heteroatoms. The van der Waals surface area contributed by atoms with Gasteiger partial charge in [-0.25, -0.2) is 0 Å². The second-order valence-corrected chi connectivity index (χ2v) is 13.6. The summed E-state index contributed by atoms with van der Waals surface area (Å²) in [6.07, 6.45) is 9.17. The molecular weight excluding hydrogens is 624 g/mol. The van der Waals surface area contributed by atoms with Crippen LogP contribution in [0.5, 0.6) is 0 Å². The van der Waals surface area contributed by atoms with Crippen molar-refractivity contribution in [1.29, 1.82) is 0 Å². The first-order valence-electron chi connectivity index (χ1n) is 18.0. The van der Waals surface area contributed by atoms with Crippen molar-refractivity contribution in [2.24, 2.45) is 16.6 Å². The quantitative estimate of drug-likeness (QED) is 0.0859. The fourth-order valence-corrected chi connectivity index (χ4v) is 5.18. The Hall–Kier alpha value is -3.67. The highest BCUT2D eigenvalue weighted by atomic mass is 16.3. The summed E-state index contributed by atoms with van der Waals surface area (Å²) in [5.41, 5.74) is 3.32. The molecule has 0 saturated carbocycles. The van der Waals surface area contributed by atoms with Gasteiger partial charge in [-0.3, -0.25) is 24.6 Å². The Morgan fingerprint density at radius 2 is 1.67 bits per heavy atom. The molecule has 278 valence electrons. The molecule has 2 aliphatic rings. The molecule has 4 atom stereocenters. The van der Waals surface area contributed by atoms with E-state index in [-0.39, 0.29) is 35.6 Å². The van der Waals surface area contributed by atoms with Gasteiger partial charge in [-0.1, -0.05) is 104 Å². The van der Waals surface area contributed by atoms with Gasteiger partial charge in [0.05, 0.1) is 11.8 Å². The van der Waals surface area contributed by atoms with Gasteiger partial charge in [0.15, 0.2) is 0 Å². The van der Waals surface area contributed by atoms with Crippen LogP contribution < -0.4 is 21.4 Å². The Kier molecular flexibility index (Phi) is 24.3. The van der Waals surface area contributed by atoms with Gasteiger partial charge in [0.25, 0.3) is 5.91 Å². The van der Waals surface area contributed by atoms with Crippen LogP contribution in [0.3, 0.4) is 0 Å². The maximum Gasteiger partial charge on any atom is 0.289 e. The number of hydrogen-bond acceptors (Lipinski definition) is 8. The lowest BCUT2D eigenvalue weighted by atomic mass is 9.95. The third-order valence-electron chi connectivity index (χ3n) is 8.10. The number of carbonyl (C=O) groups is 5. The highest BCUT2D eigenvalue weighted by molar-refractivity contribution is 6.38. The van der Waals surface area contributed by atoms with Gasteiger partial charge >= 0.3 is 0 Å². The first-order valence-corrected chi connectivity index (χ1v) is 18.0. The number of aldehydes is 1. The third-order valence-corrected chi connectivity index (χ3v) is 8.10. The molecule has 2 aliphatic heterocycles. The highest BCUT2D eigenvalue weighted by Crippen LogP contribution is 2.26. The molecule has 49 heavy (non-hydrogen) atoms. The second kappa shape index (κ2) is 26.2. The molecule has 3 amide bonds. The van der Waals surface area contributed by atoms with Crippen molar-refractivity contribution in [3.8, 4) is 0 Å². The zero-order valence-corrected chi connectivity index (χ0v) is 31.3. The van der Waals surface area contributed by atoms with Crippen molar-refractivity contribution < 1.29 is 24.0 Å². The first-order chi connectivity index (χ1) is 23.3. The smallest absolute Gasteiger partial charge is 0.289 e. The standard InChI is InChI=1S/C14H24N4O4.C13H18N2O.C5H10O.C5H12/c1-3-5-10(4-2)16-14(21)12(19)11(17-18-22)8-9-6-7-15-13(9)20;1-14-9-13(16)15-8-7-12(10-15)11-5-3-2-4-6-11;1-5(2,3)4-6;1-3-5-4-2/h9-11H,3-8H2,1-2H3,(H,15,20)(H,16,21)(H,17,22);2-6,12,14H,7-10H2,1H3;4H,1-3H3;3-5H2,1-2H3. The Bertz CT molecular complexity index is 1110. The first kappa shape index (κ1) is 45.3. The lowest BCUT2D eigenvalue weighted by Crippen LogP contribution is -2.47. The maximum absolute atomic E-state index is 12.2. The number of nitrogens with one attached hydrogen (secondary N) is 4. The molecule has 4 N–H and O–H groups in total. The monoisotopic (exact) mass is 688 g/mol. The molecule has 2 fully saturated rings. The summed E-state index contributed by atoms with van der Waals surface area (Å²) in [6.45, 7) is 16.7. The molecule has 0 bridgehead atoms. The van der Waals surface area contributed by atoms with E-state index in [2.05, 4.69) is 64.8 Å². The Balaban J connectivity index is 0.000000738. The normalized spacial score (nSPS) is 17.7. The average molecular weight is 689 g/mol. The minimum absolute atomic E-state index is 0.0685. The molecule has 1 aromatic rings. The molecule has 0 aromatic heterocycles. The minimum Gasteiger partial charge on any atom is -0.356 e. The van der Waals surface area contributed by atoms with Gasteiger partial charge in [0.2, 0.25) is 17.6 Å². The van der Waals surface area contributed by atoms with E-state index in [0.29, 0.717) is 25.4 Å². The van der Waals surface area contributed by atoms with Crippen LogP contribution in [0.2, 0.25) is 0 Å². The lowest BCUT2D eigenvalue weighted by molar-refractivity contribution is -0.140. The van der Waals surface area contributed by atoms with Crippen LogP contribution in [0.4, 0.5) is 0 Å². The number of nitrogens with zero attached hydrogens (tertiary/aromatic N) is 2. The Morgan fingerprint density at radius 1 is 1.04 bits per heavy atom. The Morgan fingerprint density at radius 3 is 2.12 bits per heavy atom. The minimum atomic E-state index is -1.06. The average Bonchev–Trinajstić information content (AvgIpc) is 3.75. The van der Waals surface area contributed by atoms with Crippen molar-refractivity contribution in [1.82, 2.24) is 26.3 Å². The number of benzene rings is 1. The van der Waals surface area contributed by atoms with Crippen molar-refractivity contribution in [3.63, 3.8) is 0 Å². The maximum atomic E-state index is 12.2. The van der Waals surface area contributed by atoms with Crippen molar-refractivity contribution in [3.05, 3.63) is 40.8 Å². The van der Waals surface area contributed by atoms with E-state index in [9.17, 15) is 28.9 Å². The number of nitroso groups, excluding NO2 is 1. The number of likely N-dealkylation sites (tertiary alicyclic amines) is 1. The van der Waals surface area contributed by atoms with Gasteiger partial charge in [0.1, 0.15) is 12.3 Å². The summed E-state index contributed by atoms with van der Waals surface area (Å²) in [5, 5.41) is 10.7. The predicted octanol–water partition coefficient (Wildman–Crippen LogP) is 5.07. The largest absolute Gasteiger partial charge is 0.356 e. The second-order valence-electron chi connectivity index (χ2n) is 13.6. The third kappa shape index (κ3) is 19.8. The zero-order valence-electron chi connectivity index (χ0n) is 31.3. The van der Waals surface area contributed by atoms with Gasteiger partial charge in [-0.05, 0) is 44.7 Å². The molecule has 1 aromatic carbocycles. The summed E-state index contributed by atoms with van der Waals surface area (Å²) in [5.74, 6) is -1.31. The van der Waals surface area contributed by atoms with Crippen molar-refractivity contribution >= 4 is 29.8 Å². The summed E-state index contributed by atoms with van der Waals surface area (Å²) in [7, 11) is 1.81. The van der Waals surface area contributed by atoms with Crippen molar-refractivity contribution in [2.75, 3.05) is 33.2 Å². The molecule has 0 spiro atoms. The molecular formula is C37H64N6O6. The van der Waals surface area contributed by atoms with Crippen LogP contribution in [0.15, 0.2) is 35.6 Å². The number of hydrogen-bond donors (Lipinski definition) is 4. The number of likely N-dealkylation sites (N-methyl/N-ethyl adjacent to an activating group) is 1. The van der Waals surface area contributed by atoms with Crippen LogP contribution in [0, 0.1) is 16.2 Å².